The molecule has 0 unspecified atom stereocenters. The molecule has 1 fully saturated rings. The monoisotopic (exact) mass is 333 g/mol. The predicted octanol–water partition coefficient (Wildman–Crippen LogP) is 1.62. The van der Waals surface area contributed by atoms with Gasteiger partial charge in [0.2, 0.25) is 0 Å². The second-order valence-electron chi connectivity index (χ2n) is 5.14. The first-order chi connectivity index (χ1) is 9.80. The van der Waals surface area contributed by atoms with E-state index in [1.54, 1.807) is 6.92 Å². The van der Waals surface area contributed by atoms with Gasteiger partial charge in [0, 0.05) is 18.0 Å². The fraction of sp³-hybridized carbons (Fsp3) is 0.615. The Kier molecular flexibility index (Phi) is 5.03. The molecule has 1 aromatic heterocycles. The van der Waals surface area contributed by atoms with Crippen LogP contribution in [-0.4, -0.2) is 49.6 Å². The van der Waals surface area contributed by atoms with Crippen LogP contribution >= 0.6 is 11.3 Å². The Bertz CT molecular complexity index is 615. The number of nitrogens with zero attached hydrogens (tertiary/aromatic N) is 1. The van der Waals surface area contributed by atoms with E-state index in [0.29, 0.717) is 30.1 Å². The third-order valence-electron chi connectivity index (χ3n) is 3.41. The standard InChI is InChI=1S/C13H19NO5S2/c1-9-7-10(2)20-13(9)21(17,18)14-5-3-11(4-6-14)19-8-12(15)16/h7,11H,3-6,8H2,1-2H3,(H,15,16). The summed E-state index contributed by atoms with van der Waals surface area (Å²) in [7, 11) is -3.45. The molecule has 1 aromatic rings. The van der Waals surface area contributed by atoms with Crippen LogP contribution < -0.4 is 0 Å². The summed E-state index contributed by atoms with van der Waals surface area (Å²) in [5.41, 5.74) is 0.779. The molecular formula is C13H19NO5S2. The number of carboxylic acid groups (broad SMARTS) is 1. The van der Waals surface area contributed by atoms with Gasteiger partial charge in [-0.3, -0.25) is 0 Å². The molecular weight excluding hydrogens is 314 g/mol. The Morgan fingerprint density at radius 1 is 1.43 bits per heavy atom. The zero-order chi connectivity index (χ0) is 15.6. The molecule has 21 heavy (non-hydrogen) atoms. The van der Waals surface area contributed by atoms with Crippen LogP contribution in [0.3, 0.4) is 0 Å². The lowest BCUT2D eigenvalue weighted by Gasteiger charge is -2.30. The molecule has 0 saturated carbocycles. The van der Waals surface area contributed by atoms with Crippen molar-refractivity contribution in [3.8, 4) is 0 Å². The molecule has 6 nitrogen and oxygen atoms in total. The molecule has 0 atom stereocenters. The molecule has 2 rings (SSSR count). The second kappa shape index (κ2) is 6.43. The lowest BCUT2D eigenvalue weighted by Crippen LogP contribution is -2.41. The third-order valence-corrected chi connectivity index (χ3v) is 7.08. The van der Waals surface area contributed by atoms with Gasteiger partial charge in [0.15, 0.2) is 0 Å². The molecule has 0 spiro atoms. The highest BCUT2D eigenvalue weighted by molar-refractivity contribution is 7.91. The normalized spacial score (nSPS) is 18.0. The third kappa shape index (κ3) is 3.82. The molecule has 1 saturated heterocycles. The SMILES string of the molecule is Cc1cc(C)c(S(=O)(=O)N2CCC(OCC(=O)O)CC2)s1. The summed E-state index contributed by atoms with van der Waals surface area (Å²) in [5, 5.41) is 8.58. The van der Waals surface area contributed by atoms with Crippen LogP contribution in [0.1, 0.15) is 23.3 Å². The van der Waals surface area contributed by atoms with E-state index in [0.717, 1.165) is 10.4 Å². The van der Waals surface area contributed by atoms with Crippen molar-refractivity contribution in [2.45, 2.75) is 37.0 Å². The minimum atomic E-state index is -3.45. The fourth-order valence-electron chi connectivity index (χ4n) is 2.42. The molecule has 8 heteroatoms. The molecule has 0 bridgehead atoms. The van der Waals surface area contributed by atoms with Gasteiger partial charge in [-0.1, -0.05) is 0 Å². The maximum absolute atomic E-state index is 12.6. The van der Waals surface area contributed by atoms with E-state index in [2.05, 4.69) is 0 Å². The van der Waals surface area contributed by atoms with Gasteiger partial charge in [-0.25, -0.2) is 13.2 Å². The molecule has 0 amide bonds. The zero-order valence-electron chi connectivity index (χ0n) is 12.0. The highest BCUT2D eigenvalue weighted by Gasteiger charge is 2.32. The number of carboxylic acids is 1. The maximum Gasteiger partial charge on any atom is 0.329 e. The number of sulfonamides is 1. The first kappa shape index (κ1) is 16.4. The predicted molar refractivity (Wildman–Crippen MR) is 79.2 cm³/mol. The van der Waals surface area contributed by atoms with E-state index in [1.807, 2.05) is 13.0 Å². The minimum Gasteiger partial charge on any atom is -0.480 e. The highest BCUT2D eigenvalue weighted by Crippen LogP contribution is 2.30. The first-order valence-electron chi connectivity index (χ1n) is 6.71. The van der Waals surface area contributed by atoms with Gasteiger partial charge in [0.25, 0.3) is 10.0 Å². The quantitative estimate of drug-likeness (QED) is 0.885. The first-order valence-corrected chi connectivity index (χ1v) is 8.97. The van der Waals surface area contributed by atoms with E-state index in [-0.39, 0.29) is 12.7 Å². The Hall–Kier alpha value is -0.960. The summed E-state index contributed by atoms with van der Waals surface area (Å²) < 4.78 is 32.3. The van der Waals surface area contributed by atoms with Gasteiger partial charge < -0.3 is 9.84 Å². The molecule has 1 aliphatic rings. The number of aliphatic carboxylic acids is 1. The van der Waals surface area contributed by atoms with E-state index >= 15 is 0 Å². The zero-order valence-corrected chi connectivity index (χ0v) is 13.7. The van der Waals surface area contributed by atoms with Crippen LogP contribution in [0.2, 0.25) is 0 Å². The number of thiophene rings is 1. The van der Waals surface area contributed by atoms with Crippen LogP contribution in [0.15, 0.2) is 10.3 Å². The van der Waals surface area contributed by atoms with Crippen molar-refractivity contribution in [2.75, 3.05) is 19.7 Å². The Morgan fingerprint density at radius 2 is 2.05 bits per heavy atom. The van der Waals surface area contributed by atoms with E-state index in [9.17, 15) is 13.2 Å². The summed E-state index contributed by atoms with van der Waals surface area (Å²) in [6.45, 7) is 4.09. The second-order valence-corrected chi connectivity index (χ2v) is 8.53. The molecule has 0 radical (unpaired) electrons. The van der Waals surface area contributed by atoms with Crippen molar-refractivity contribution in [2.24, 2.45) is 0 Å². The number of rotatable bonds is 5. The minimum absolute atomic E-state index is 0.182. The summed E-state index contributed by atoms with van der Waals surface area (Å²) >= 11 is 1.29. The lowest BCUT2D eigenvalue weighted by molar-refractivity contribution is -0.145. The van der Waals surface area contributed by atoms with Crippen LogP contribution in [0.5, 0.6) is 0 Å². The summed E-state index contributed by atoms with van der Waals surface area (Å²) in [4.78, 5) is 11.4. The van der Waals surface area contributed by atoms with Crippen molar-refractivity contribution in [3.63, 3.8) is 0 Å². The number of piperidine rings is 1. The van der Waals surface area contributed by atoms with Gasteiger partial charge in [0.1, 0.15) is 10.8 Å². The van der Waals surface area contributed by atoms with Crippen molar-refractivity contribution in [1.29, 1.82) is 0 Å². The molecule has 0 aromatic carbocycles. The number of aryl methyl sites for hydroxylation is 2. The van der Waals surface area contributed by atoms with Crippen LogP contribution in [0.25, 0.3) is 0 Å². The van der Waals surface area contributed by atoms with Crippen molar-refractivity contribution in [3.05, 3.63) is 16.5 Å². The average molecular weight is 333 g/mol. The number of carbonyl (C=O) groups is 1. The number of ether oxygens (including phenoxy) is 1. The largest absolute Gasteiger partial charge is 0.480 e. The van der Waals surface area contributed by atoms with Crippen LogP contribution in [-0.2, 0) is 19.6 Å². The highest BCUT2D eigenvalue weighted by atomic mass is 32.2. The van der Waals surface area contributed by atoms with Gasteiger partial charge in [0.05, 0.1) is 6.10 Å². The number of hydrogen-bond acceptors (Lipinski definition) is 5. The summed E-state index contributed by atoms with van der Waals surface area (Å²) in [5.74, 6) is -1.00. The van der Waals surface area contributed by atoms with Gasteiger partial charge in [-0.05, 0) is 38.3 Å². The van der Waals surface area contributed by atoms with Crippen molar-refractivity contribution in [1.82, 2.24) is 4.31 Å². The average Bonchev–Trinajstić information content (AvgIpc) is 2.76. The Labute approximate surface area is 128 Å². The van der Waals surface area contributed by atoms with E-state index in [1.165, 1.54) is 15.6 Å². The smallest absolute Gasteiger partial charge is 0.329 e. The Morgan fingerprint density at radius 3 is 2.52 bits per heavy atom. The van der Waals surface area contributed by atoms with E-state index < -0.39 is 16.0 Å². The molecule has 118 valence electrons. The number of hydrogen-bond donors (Lipinski definition) is 1. The molecule has 2 heterocycles. The summed E-state index contributed by atoms with van der Waals surface area (Å²) in [6.07, 6.45) is 0.866. The molecule has 0 aliphatic carbocycles. The maximum atomic E-state index is 12.6. The van der Waals surface area contributed by atoms with Crippen LogP contribution in [0.4, 0.5) is 0 Å². The molecule has 1 aliphatic heterocycles. The Balaban J connectivity index is 2.01. The van der Waals surface area contributed by atoms with Crippen LogP contribution in [0, 0.1) is 13.8 Å². The molecule has 1 N–H and O–H groups in total. The van der Waals surface area contributed by atoms with Gasteiger partial charge in [-0.15, -0.1) is 11.3 Å². The van der Waals surface area contributed by atoms with Gasteiger partial charge in [-0.2, -0.15) is 4.31 Å². The van der Waals surface area contributed by atoms with Gasteiger partial charge >= 0.3 is 5.97 Å². The fourth-order valence-corrected chi connectivity index (χ4v) is 5.69. The summed E-state index contributed by atoms with van der Waals surface area (Å²) in [6, 6.07) is 1.88. The topological polar surface area (TPSA) is 83.9 Å². The van der Waals surface area contributed by atoms with Crippen molar-refractivity contribution >= 4 is 27.3 Å². The van der Waals surface area contributed by atoms with E-state index in [4.69, 9.17) is 9.84 Å². The van der Waals surface area contributed by atoms with Crippen molar-refractivity contribution < 1.29 is 23.1 Å². The lowest BCUT2D eigenvalue weighted by atomic mass is 10.1.